The van der Waals surface area contributed by atoms with Crippen LogP contribution in [0, 0.1) is 0 Å². The Labute approximate surface area is 101 Å². The molecule has 3 nitrogen and oxygen atoms in total. The SMILES string of the molecule is O=C1[C@H](Cc2ccccc2)OCC2CCCN12. The van der Waals surface area contributed by atoms with Crippen molar-refractivity contribution in [1.29, 1.82) is 0 Å². The van der Waals surface area contributed by atoms with Gasteiger partial charge in [0, 0.05) is 13.0 Å². The molecule has 1 unspecified atom stereocenters. The summed E-state index contributed by atoms with van der Waals surface area (Å²) >= 11 is 0. The van der Waals surface area contributed by atoms with Gasteiger partial charge in [0.2, 0.25) is 0 Å². The fraction of sp³-hybridized carbons (Fsp3) is 0.500. The van der Waals surface area contributed by atoms with Gasteiger partial charge in [-0.15, -0.1) is 0 Å². The maximum atomic E-state index is 12.2. The molecule has 1 aromatic rings. The van der Waals surface area contributed by atoms with Crippen molar-refractivity contribution < 1.29 is 9.53 Å². The average Bonchev–Trinajstić information content (AvgIpc) is 2.83. The molecular formula is C14H17NO2. The number of hydrogen-bond donors (Lipinski definition) is 0. The van der Waals surface area contributed by atoms with Crippen LogP contribution in [0.15, 0.2) is 30.3 Å². The number of rotatable bonds is 2. The van der Waals surface area contributed by atoms with Crippen molar-refractivity contribution in [3.05, 3.63) is 35.9 Å². The standard InChI is InChI=1S/C14H17NO2/c16-14-13(9-11-5-2-1-3-6-11)17-10-12-7-4-8-15(12)14/h1-3,5-6,12-13H,4,7-10H2/t12?,13-/m0/s1. The highest BCUT2D eigenvalue weighted by atomic mass is 16.5. The smallest absolute Gasteiger partial charge is 0.252 e. The van der Waals surface area contributed by atoms with Crippen LogP contribution in [0.2, 0.25) is 0 Å². The molecule has 3 heteroatoms. The molecule has 90 valence electrons. The molecule has 2 aliphatic heterocycles. The average molecular weight is 231 g/mol. The minimum Gasteiger partial charge on any atom is -0.366 e. The fourth-order valence-corrected chi connectivity index (χ4v) is 2.76. The summed E-state index contributed by atoms with van der Waals surface area (Å²) in [5, 5.41) is 0. The number of ether oxygens (including phenoxy) is 1. The van der Waals surface area contributed by atoms with E-state index in [1.54, 1.807) is 0 Å². The number of hydrogen-bond acceptors (Lipinski definition) is 2. The van der Waals surface area contributed by atoms with E-state index in [-0.39, 0.29) is 12.0 Å². The minimum absolute atomic E-state index is 0.183. The summed E-state index contributed by atoms with van der Waals surface area (Å²) in [5.74, 6) is 0.183. The number of nitrogens with zero attached hydrogens (tertiary/aromatic N) is 1. The largest absolute Gasteiger partial charge is 0.366 e. The van der Waals surface area contributed by atoms with E-state index < -0.39 is 0 Å². The molecule has 0 radical (unpaired) electrons. The lowest BCUT2D eigenvalue weighted by molar-refractivity contribution is -0.156. The summed E-state index contributed by atoms with van der Waals surface area (Å²) in [6.45, 7) is 1.63. The van der Waals surface area contributed by atoms with E-state index in [2.05, 4.69) is 0 Å². The van der Waals surface area contributed by atoms with Crippen LogP contribution < -0.4 is 0 Å². The molecule has 0 N–H and O–H groups in total. The molecule has 17 heavy (non-hydrogen) atoms. The lowest BCUT2D eigenvalue weighted by Gasteiger charge is -2.34. The zero-order valence-electron chi connectivity index (χ0n) is 9.84. The third kappa shape index (κ3) is 2.07. The highest BCUT2D eigenvalue weighted by molar-refractivity contribution is 5.82. The van der Waals surface area contributed by atoms with Gasteiger partial charge in [0.25, 0.3) is 5.91 Å². The van der Waals surface area contributed by atoms with Crippen molar-refractivity contribution in [2.75, 3.05) is 13.2 Å². The molecule has 2 aliphatic rings. The van der Waals surface area contributed by atoms with Gasteiger partial charge in [0.05, 0.1) is 12.6 Å². The van der Waals surface area contributed by atoms with E-state index >= 15 is 0 Å². The Bertz CT molecular complexity index is 404. The number of morpholine rings is 1. The van der Waals surface area contributed by atoms with Gasteiger partial charge in [-0.3, -0.25) is 4.79 Å². The third-order valence-corrected chi connectivity index (χ3v) is 3.69. The number of carbonyl (C=O) groups excluding carboxylic acids is 1. The second-order valence-electron chi connectivity index (χ2n) is 4.84. The topological polar surface area (TPSA) is 29.5 Å². The molecular weight excluding hydrogens is 214 g/mol. The van der Waals surface area contributed by atoms with Crippen molar-refractivity contribution in [2.45, 2.75) is 31.4 Å². The van der Waals surface area contributed by atoms with Crippen molar-refractivity contribution in [3.63, 3.8) is 0 Å². The first-order chi connectivity index (χ1) is 8.34. The predicted octanol–water partition coefficient (Wildman–Crippen LogP) is 1.62. The van der Waals surface area contributed by atoms with E-state index in [9.17, 15) is 4.79 Å². The highest BCUT2D eigenvalue weighted by Crippen LogP contribution is 2.25. The van der Waals surface area contributed by atoms with Crippen LogP contribution in [0.5, 0.6) is 0 Å². The third-order valence-electron chi connectivity index (χ3n) is 3.69. The van der Waals surface area contributed by atoms with Gasteiger partial charge >= 0.3 is 0 Å². The molecule has 0 bridgehead atoms. The lowest BCUT2D eigenvalue weighted by atomic mass is 10.1. The summed E-state index contributed by atoms with van der Waals surface area (Å²) in [5.41, 5.74) is 1.17. The molecule has 3 rings (SSSR count). The summed E-state index contributed by atoms with van der Waals surface area (Å²) in [7, 11) is 0. The maximum absolute atomic E-state index is 12.2. The highest BCUT2D eigenvalue weighted by Gasteiger charge is 2.38. The van der Waals surface area contributed by atoms with Crippen molar-refractivity contribution in [2.24, 2.45) is 0 Å². The summed E-state index contributed by atoms with van der Waals surface area (Å²) in [4.78, 5) is 14.2. The van der Waals surface area contributed by atoms with Gasteiger partial charge in [-0.1, -0.05) is 30.3 Å². The van der Waals surface area contributed by atoms with E-state index in [1.807, 2.05) is 35.2 Å². The van der Waals surface area contributed by atoms with E-state index in [0.29, 0.717) is 19.1 Å². The Morgan fingerprint density at radius 2 is 2.12 bits per heavy atom. The van der Waals surface area contributed by atoms with Crippen molar-refractivity contribution in [3.8, 4) is 0 Å². The van der Waals surface area contributed by atoms with Crippen LogP contribution in [0.4, 0.5) is 0 Å². The van der Waals surface area contributed by atoms with Gasteiger partial charge in [0.15, 0.2) is 0 Å². The first-order valence-corrected chi connectivity index (χ1v) is 6.30. The molecule has 1 aromatic carbocycles. The molecule has 2 fully saturated rings. The summed E-state index contributed by atoms with van der Waals surface area (Å²) in [6, 6.07) is 10.4. The van der Waals surface area contributed by atoms with Gasteiger partial charge < -0.3 is 9.64 Å². The first-order valence-electron chi connectivity index (χ1n) is 6.30. The van der Waals surface area contributed by atoms with Gasteiger partial charge in [-0.2, -0.15) is 0 Å². The Balaban J connectivity index is 1.70. The van der Waals surface area contributed by atoms with Crippen LogP contribution in [-0.4, -0.2) is 36.1 Å². The second kappa shape index (κ2) is 4.49. The van der Waals surface area contributed by atoms with E-state index in [1.165, 1.54) is 5.56 Å². The molecule has 0 aromatic heterocycles. The quantitative estimate of drug-likeness (QED) is 0.774. The normalized spacial score (nSPS) is 28.2. The molecule has 2 saturated heterocycles. The van der Waals surface area contributed by atoms with Gasteiger partial charge in [0.1, 0.15) is 6.10 Å². The van der Waals surface area contributed by atoms with E-state index in [4.69, 9.17) is 4.74 Å². The first kappa shape index (κ1) is 10.8. The molecule has 1 amide bonds. The Hall–Kier alpha value is -1.35. The Kier molecular flexibility index (Phi) is 2.85. The van der Waals surface area contributed by atoms with Crippen LogP contribution in [0.25, 0.3) is 0 Å². The van der Waals surface area contributed by atoms with Crippen LogP contribution in [0.3, 0.4) is 0 Å². The van der Waals surface area contributed by atoms with Crippen LogP contribution >= 0.6 is 0 Å². The molecule has 0 saturated carbocycles. The summed E-state index contributed by atoms with van der Waals surface area (Å²) < 4.78 is 5.72. The van der Waals surface area contributed by atoms with Gasteiger partial charge in [-0.25, -0.2) is 0 Å². The Morgan fingerprint density at radius 1 is 1.29 bits per heavy atom. The van der Waals surface area contributed by atoms with E-state index in [0.717, 1.165) is 19.4 Å². The van der Waals surface area contributed by atoms with Crippen LogP contribution in [-0.2, 0) is 16.0 Å². The van der Waals surface area contributed by atoms with Crippen LogP contribution in [0.1, 0.15) is 18.4 Å². The predicted molar refractivity (Wildman–Crippen MR) is 64.6 cm³/mol. The molecule has 2 heterocycles. The maximum Gasteiger partial charge on any atom is 0.252 e. The number of fused-ring (bicyclic) bond motifs is 1. The molecule has 0 aliphatic carbocycles. The van der Waals surface area contributed by atoms with Gasteiger partial charge in [-0.05, 0) is 18.4 Å². The molecule has 0 spiro atoms. The second-order valence-corrected chi connectivity index (χ2v) is 4.84. The molecule has 2 atom stereocenters. The number of carbonyl (C=O) groups is 1. The summed E-state index contributed by atoms with van der Waals surface area (Å²) in [6.07, 6.45) is 2.65. The lowest BCUT2D eigenvalue weighted by Crippen LogP contribution is -2.51. The number of amides is 1. The van der Waals surface area contributed by atoms with Crippen molar-refractivity contribution >= 4 is 5.91 Å². The Morgan fingerprint density at radius 3 is 2.94 bits per heavy atom. The fourth-order valence-electron chi connectivity index (χ4n) is 2.76. The zero-order valence-corrected chi connectivity index (χ0v) is 9.84. The minimum atomic E-state index is -0.272. The zero-order chi connectivity index (χ0) is 11.7. The number of benzene rings is 1. The van der Waals surface area contributed by atoms with Crippen molar-refractivity contribution in [1.82, 2.24) is 4.90 Å². The monoisotopic (exact) mass is 231 g/mol.